The Kier molecular flexibility index (Phi) is 12.8. The van der Waals surface area contributed by atoms with Crippen LogP contribution < -0.4 is 11.1 Å². The van der Waals surface area contributed by atoms with Crippen molar-refractivity contribution in [2.75, 3.05) is 12.5 Å². The zero-order valence-corrected chi connectivity index (χ0v) is 25.5. The molecule has 0 aromatic heterocycles. The lowest BCUT2D eigenvalue weighted by molar-refractivity contribution is -0.121. The molecule has 0 spiro atoms. The highest BCUT2D eigenvalue weighted by Gasteiger charge is 2.13. The van der Waals surface area contributed by atoms with E-state index in [9.17, 15) is 21.6 Å². The molecule has 0 radical (unpaired) electrons. The highest BCUT2D eigenvalue weighted by Crippen LogP contribution is 2.22. The molecule has 0 aliphatic carbocycles. The minimum absolute atomic E-state index is 0. The Morgan fingerprint density at radius 1 is 0.718 bits per heavy atom. The summed E-state index contributed by atoms with van der Waals surface area (Å²) in [5, 5.41) is 2.87. The van der Waals surface area contributed by atoms with E-state index in [0.29, 0.717) is 30.8 Å². The van der Waals surface area contributed by atoms with Gasteiger partial charge in [-0.25, -0.2) is 16.8 Å². The van der Waals surface area contributed by atoms with Crippen LogP contribution in [0.25, 0.3) is 0 Å². The number of carbonyl (C=O) groups is 1. The first kappa shape index (κ1) is 34.3. The molecule has 0 heterocycles. The Morgan fingerprint density at radius 2 is 1.13 bits per heavy atom. The van der Waals surface area contributed by atoms with Crippen molar-refractivity contribution in [2.45, 2.75) is 61.9 Å². The van der Waals surface area contributed by atoms with Crippen LogP contribution in [0.15, 0.2) is 82.6 Å². The van der Waals surface area contributed by atoms with Gasteiger partial charge in [-0.1, -0.05) is 69.3 Å². The summed E-state index contributed by atoms with van der Waals surface area (Å²) < 4.78 is 44.9. The molecule has 0 bridgehead atoms. The Labute approximate surface area is 239 Å². The molecule has 39 heavy (non-hydrogen) atoms. The molecule has 0 saturated carbocycles. The third-order valence-corrected chi connectivity index (χ3v) is 8.15. The molecule has 10 heteroatoms. The quantitative estimate of drug-likeness (QED) is 0.393. The van der Waals surface area contributed by atoms with Crippen molar-refractivity contribution in [2.24, 2.45) is 5.73 Å². The van der Waals surface area contributed by atoms with Crippen LogP contribution in [0.2, 0.25) is 0 Å². The Balaban J connectivity index is 0.000000492. The molecule has 214 valence electrons. The fourth-order valence-corrected chi connectivity index (χ4v) is 4.71. The fourth-order valence-electron chi connectivity index (χ4n) is 3.45. The van der Waals surface area contributed by atoms with E-state index in [1.165, 1.54) is 18.1 Å². The first-order valence-corrected chi connectivity index (χ1v) is 16.0. The summed E-state index contributed by atoms with van der Waals surface area (Å²) in [7, 11) is -6.26. The monoisotopic (exact) mass is 594 g/mol. The normalized spacial score (nSPS) is 11.5. The van der Waals surface area contributed by atoms with E-state index in [1.807, 2.05) is 0 Å². The van der Waals surface area contributed by atoms with Gasteiger partial charge in [0.15, 0.2) is 19.7 Å². The van der Waals surface area contributed by atoms with E-state index in [0.717, 1.165) is 16.7 Å². The highest BCUT2D eigenvalue weighted by molar-refractivity contribution is 7.91. The van der Waals surface area contributed by atoms with Gasteiger partial charge in [-0.3, -0.25) is 4.79 Å². The Bertz CT molecular complexity index is 1410. The SMILES string of the molecule is CC(C)(C)c1ccc(CCC(=O)NCc2ccc(S(C)(=O)=O)cc2)cc1.CS(=O)(=O)c1ccc(CN)cc1.Cl. The summed E-state index contributed by atoms with van der Waals surface area (Å²) in [6.07, 6.45) is 3.49. The molecular weight excluding hydrogens is 556 g/mol. The first-order valence-electron chi connectivity index (χ1n) is 12.2. The lowest BCUT2D eigenvalue weighted by Gasteiger charge is -2.19. The van der Waals surface area contributed by atoms with Gasteiger partial charge in [0.1, 0.15) is 0 Å². The number of halogens is 1. The van der Waals surface area contributed by atoms with Gasteiger partial charge in [0.25, 0.3) is 0 Å². The minimum atomic E-state index is -3.19. The summed E-state index contributed by atoms with van der Waals surface area (Å²) in [5.74, 6) is -0.0166. The number of amides is 1. The molecule has 0 aliphatic heterocycles. The largest absolute Gasteiger partial charge is 0.352 e. The van der Waals surface area contributed by atoms with Gasteiger partial charge in [0.05, 0.1) is 9.79 Å². The van der Waals surface area contributed by atoms with Gasteiger partial charge >= 0.3 is 0 Å². The smallest absolute Gasteiger partial charge is 0.220 e. The summed E-state index contributed by atoms with van der Waals surface area (Å²) in [4.78, 5) is 12.7. The summed E-state index contributed by atoms with van der Waals surface area (Å²) in [6.45, 7) is 7.36. The number of nitrogens with two attached hydrogens (primary N) is 1. The lowest BCUT2D eigenvalue weighted by atomic mass is 9.86. The predicted octanol–water partition coefficient (Wildman–Crippen LogP) is 4.61. The first-order chi connectivity index (χ1) is 17.6. The van der Waals surface area contributed by atoms with Crippen molar-refractivity contribution in [1.29, 1.82) is 0 Å². The lowest BCUT2D eigenvalue weighted by Crippen LogP contribution is -2.23. The molecule has 3 N–H and O–H groups in total. The van der Waals surface area contributed by atoms with E-state index in [-0.39, 0.29) is 28.6 Å². The van der Waals surface area contributed by atoms with Crippen LogP contribution in [0.4, 0.5) is 0 Å². The topological polar surface area (TPSA) is 123 Å². The summed E-state index contributed by atoms with van der Waals surface area (Å²) in [5.41, 5.74) is 9.72. The molecule has 0 saturated heterocycles. The standard InChI is InChI=1S/C21H27NO3S.C8H11NO2S.ClH/c1-21(2,3)18-10-5-16(6-11-18)9-14-20(23)22-15-17-7-12-19(13-8-17)26(4,24)25;1-12(10,11)8-4-2-7(6-9)3-5-8;/h5-8,10-13H,9,14-15H2,1-4H3,(H,22,23);2-5H,6,9H2,1H3;1H. The average Bonchev–Trinajstić information content (AvgIpc) is 2.85. The minimum Gasteiger partial charge on any atom is -0.352 e. The maximum atomic E-state index is 12.0. The van der Waals surface area contributed by atoms with Crippen molar-refractivity contribution < 1.29 is 21.6 Å². The van der Waals surface area contributed by atoms with Gasteiger partial charge in [-0.2, -0.15) is 0 Å². The molecule has 1 amide bonds. The summed E-state index contributed by atoms with van der Waals surface area (Å²) >= 11 is 0. The number of hydrogen-bond donors (Lipinski definition) is 2. The van der Waals surface area contributed by atoms with Gasteiger partial charge < -0.3 is 11.1 Å². The average molecular weight is 595 g/mol. The number of aryl methyl sites for hydroxylation is 1. The number of sulfone groups is 2. The number of nitrogens with one attached hydrogen (secondary N) is 1. The molecule has 3 aromatic carbocycles. The second kappa shape index (κ2) is 14.6. The third kappa shape index (κ3) is 11.9. The predicted molar refractivity (Wildman–Crippen MR) is 160 cm³/mol. The van der Waals surface area contributed by atoms with E-state index in [2.05, 4.69) is 50.4 Å². The summed E-state index contributed by atoms with van der Waals surface area (Å²) in [6, 6.07) is 21.6. The van der Waals surface area contributed by atoms with E-state index in [1.54, 1.807) is 48.5 Å². The van der Waals surface area contributed by atoms with Crippen molar-refractivity contribution in [3.05, 3.63) is 95.1 Å². The van der Waals surface area contributed by atoms with Crippen LogP contribution in [0, 0.1) is 0 Å². The molecule has 3 rings (SSSR count). The molecule has 7 nitrogen and oxygen atoms in total. The molecule has 3 aromatic rings. The van der Waals surface area contributed by atoms with Crippen molar-refractivity contribution in [1.82, 2.24) is 5.32 Å². The van der Waals surface area contributed by atoms with Gasteiger partial charge in [0, 0.05) is 32.0 Å². The van der Waals surface area contributed by atoms with E-state index < -0.39 is 19.7 Å². The van der Waals surface area contributed by atoms with Gasteiger partial charge in [-0.05, 0) is 58.4 Å². The van der Waals surface area contributed by atoms with Crippen LogP contribution in [-0.4, -0.2) is 35.3 Å². The third-order valence-electron chi connectivity index (χ3n) is 5.89. The fraction of sp³-hybridized carbons (Fsp3) is 0.345. The number of carbonyl (C=O) groups excluding carboxylic acids is 1. The van der Waals surface area contributed by atoms with E-state index >= 15 is 0 Å². The molecule has 0 atom stereocenters. The van der Waals surface area contributed by atoms with Gasteiger partial charge in [-0.15, -0.1) is 12.4 Å². The molecule has 0 unspecified atom stereocenters. The number of benzene rings is 3. The van der Waals surface area contributed by atoms with Crippen LogP contribution in [0.3, 0.4) is 0 Å². The van der Waals surface area contributed by atoms with Crippen molar-refractivity contribution in [3.63, 3.8) is 0 Å². The molecule has 0 aliphatic rings. The maximum Gasteiger partial charge on any atom is 0.220 e. The molecule has 0 fully saturated rings. The Morgan fingerprint density at radius 3 is 1.51 bits per heavy atom. The second-order valence-corrected chi connectivity index (χ2v) is 14.3. The van der Waals surface area contributed by atoms with E-state index in [4.69, 9.17) is 5.73 Å². The highest BCUT2D eigenvalue weighted by atomic mass is 35.5. The number of rotatable bonds is 8. The Hall–Kier alpha value is -2.72. The van der Waals surface area contributed by atoms with Crippen LogP contribution in [0.5, 0.6) is 0 Å². The zero-order chi connectivity index (χ0) is 28.6. The van der Waals surface area contributed by atoms with Crippen LogP contribution >= 0.6 is 12.4 Å². The zero-order valence-electron chi connectivity index (χ0n) is 23.1. The van der Waals surface area contributed by atoms with Crippen molar-refractivity contribution in [3.8, 4) is 0 Å². The number of hydrogen-bond acceptors (Lipinski definition) is 6. The van der Waals surface area contributed by atoms with Crippen molar-refractivity contribution >= 4 is 38.0 Å². The maximum absolute atomic E-state index is 12.0. The molecular formula is C29H39ClN2O5S2. The second-order valence-electron chi connectivity index (χ2n) is 10.3. The van der Waals surface area contributed by atoms with Crippen LogP contribution in [0.1, 0.15) is 49.4 Å². The van der Waals surface area contributed by atoms with Gasteiger partial charge in [0.2, 0.25) is 5.91 Å². The van der Waals surface area contributed by atoms with Crippen LogP contribution in [-0.2, 0) is 49.4 Å².